The van der Waals surface area contributed by atoms with Crippen LogP contribution in [-0.2, 0) is 13.0 Å². The Balaban J connectivity index is 1.08. The molecule has 1 aromatic carbocycles. The molecule has 37 heavy (non-hydrogen) atoms. The summed E-state index contributed by atoms with van der Waals surface area (Å²) in [5, 5.41) is 7.39. The molecule has 6 rings (SSSR count). The largest absolute Gasteiger partial charge is 0.337 e. The summed E-state index contributed by atoms with van der Waals surface area (Å²) >= 11 is 1.04. The van der Waals surface area contributed by atoms with Crippen LogP contribution in [0.2, 0.25) is 0 Å². The Morgan fingerprint density at radius 1 is 0.973 bits per heavy atom. The van der Waals surface area contributed by atoms with Crippen molar-refractivity contribution in [3.8, 4) is 0 Å². The van der Waals surface area contributed by atoms with Crippen LogP contribution in [-0.4, -0.2) is 62.1 Å². The van der Waals surface area contributed by atoms with Crippen molar-refractivity contribution in [3.05, 3.63) is 75.8 Å². The number of piperidine rings is 2. The molecule has 2 fully saturated rings. The van der Waals surface area contributed by atoms with Crippen molar-refractivity contribution in [1.29, 1.82) is 0 Å². The van der Waals surface area contributed by atoms with E-state index in [1.54, 1.807) is 17.0 Å². The molecule has 192 valence electrons. The Morgan fingerprint density at radius 2 is 1.78 bits per heavy atom. The second kappa shape index (κ2) is 10.1. The van der Waals surface area contributed by atoms with Gasteiger partial charge in [-0.25, -0.2) is 4.79 Å². The van der Waals surface area contributed by atoms with Crippen molar-refractivity contribution < 1.29 is 9.59 Å². The molecule has 10 heteroatoms. The molecule has 2 bridgehead atoms. The van der Waals surface area contributed by atoms with Crippen LogP contribution in [0.15, 0.2) is 53.3 Å². The van der Waals surface area contributed by atoms with E-state index in [2.05, 4.69) is 39.2 Å². The molecule has 3 aliphatic rings. The third-order valence-electron chi connectivity index (χ3n) is 7.95. The van der Waals surface area contributed by atoms with Crippen molar-refractivity contribution >= 4 is 28.5 Å². The molecule has 2 saturated heterocycles. The summed E-state index contributed by atoms with van der Waals surface area (Å²) in [6.07, 6.45) is 3.89. The first-order valence-electron chi connectivity index (χ1n) is 13.0. The van der Waals surface area contributed by atoms with Gasteiger partial charge in [-0.3, -0.25) is 14.9 Å². The molecule has 2 aromatic heterocycles. The first kappa shape index (κ1) is 23.8. The smallest absolute Gasteiger partial charge is 0.322 e. The van der Waals surface area contributed by atoms with Crippen LogP contribution in [0, 0.1) is 11.8 Å². The minimum absolute atomic E-state index is 0.0214. The van der Waals surface area contributed by atoms with E-state index in [0.29, 0.717) is 43.6 Å². The number of urea groups is 1. The molecule has 5 heterocycles. The van der Waals surface area contributed by atoms with Gasteiger partial charge in [-0.05, 0) is 49.1 Å². The van der Waals surface area contributed by atoms with Crippen LogP contribution in [0.4, 0.5) is 9.80 Å². The highest BCUT2D eigenvalue weighted by Crippen LogP contribution is 2.35. The summed E-state index contributed by atoms with van der Waals surface area (Å²) in [7, 11) is 0. The number of benzene rings is 1. The summed E-state index contributed by atoms with van der Waals surface area (Å²) in [5.74, 6) is 0.740. The molecule has 1 N–H and O–H groups in total. The van der Waals surface area contributed by atoms with Crippen LogP contribution in [0.3, 0.4) is 0 Å². The molecule has 3 amide bonds. The Labute approximate surface area is 219 Å². The predicted molar refractivity (Wildman–Crippen MR) is 141 cm³/mol. The van der Waals surface area contributed by atoms with Gasteiger partial charge in [0.05, 0.1) is 0 Å². The number of amides is 3. The fourth-order valence-corrected chi connectivity index (χ4v) is 6.64. The summed E-state index contributed by atoms with van der Waals surface area (Å²) in [6.45, 7) is 3.09. The number of nitrogens with one attached hydrogen (secondary N) is 1. The SMILES string of the molecule is O=C(Nc1snnc1C(=O)N1CCC(Cc2ccccc2)CC1)N1C[C@H]2C[C@H](C1)c1cccc(=O)n1C2. The average molecular weight is 519 g/mol. The van der Waals surface area contributed by atoms with Gasteiger partial charge in [-0.1, -0.05) is 40.9 Å². The molecule has 0 unspecified atom stereocenters. The molecular formula is C27H30N6O3S. The molecule has 2 atom stereocenters. The van der Waals surface area contributed by atoms with E-state index in [1.807, 2.05) is 21.6 Å². The number of rotatable bonds is 4. The van der Waals surface area contributed by atoms with Crippen molar-refractivity contribution in [2.24, 2.45) is 11.8 Å². The van der Waals surface area contributed by atoms with E-state index in [9.17, 15) is 14.4 Å². The number of anilines is 1. The lowest BCUT2D eigenvalue weighted by Crippen LogP contribution is -2.50. The first-order chi connectivity index (χ1) is 18.0. The van der Waals surface area contributed by atoms with E-state index in [1.165, 1.54) is 5.56 Å². The zero-order chi connectivity index (χ0) is 25.4. The maximum absolute atomic E-state index is 13.3. The van der Waals surface area contributed by atoms with Crippen molar-refractivity contribution in [2.45, 2.75) is 38.1 Å². The highest BCUT2D eigenvalue weighted by molar-refractivity contribution is 7.10. The third kappa shape index (κ3) is 4.90. The predicted octanol–water partition coefficient (Wildman–Crippen LogP) is 3.45. The number of likely N-dealkylation sites (tertiary alicyclic amines) is 2. The Bertz CT molecular complexity index is 1350. The number of aromatic nitrogens is 3. The fraction of sp³-hybridized carbons (Fsp3) is 0.444. The first-order valence-corrected chi connectivity index (χ1v) is 13.7. The second-order valence-corrected chi connectivity index (χ2v) is 11.2. The summed E-state index contributed by atoms with van der Waals surface area (Å²) in [6, 6.07) is 15.6. The van der Waals surface area contributed by atoms with Gasteiger partial charge in [0.25, 0.3) is 11.5 Å². The molecule has 0 saturated carbocycles. The van der Waals surface area contributed by atoms with Crippen molar-refractivity contribution in [2.75, 3.05) is 31.5 Å². The van der Waals surface area contributed by atoms with E-state index < -0.39 is 0 Å². The van der Waals surface area contributed by atoms with Gasteiger partial charge in [-0.2, -0.15) is 0 Å². The van der Waals surface area contributed by atoms with Crippen LogP contribution < -0.4 is 10.9 Å². The monoisotopic (exact) mass is 518 g/mol. The standard InChI is InChI=1S/C27H30N6O3S/c34-23-8-4-7-22-21-14-20(16-33(22)23)15-32(17-21)27(36)28-25-24(29-30-37-25)26(35)31-11-9-19(10-12-31)13-18-5-2-1-3-6-18/h1-8,19-21H,9-17H2,(H,28,36)/t20-,21-/m1/s1. The normalized spacial score (nSPS) is 21.4. The Kier molecular flexibility index (Phi) is 6.50. The van der Waals surface area contributed by atoms with Gasteiger partial charge < -0.3 is 14.4 Å². The summed E-state index contributed by atoms with van der Waals surface area (Å²) in [5.41, 5.74) is 2.56. The number of hydrogen-bond donors (Lipinski definition) is 1. The van der Waals surface area contributed by atoms with E-state index >= 15 is 0 Å². The van der Waals surface area contributed by atoms with Gasteiger partial charge in [0, 0.05) is 61.9 Å². The number of hydrogen-bond acceptors (Lipinski definition) is 6. The molecule has 3 aliphatic heterocycles. The average Bonchev–Trinajstić information content (AvgIpc) is 3.38. The van der Waals surface area contributed by atoms with Crippen LogP contribution >= 0.6 is 11.5 Å². The van der Waals surface area contributed by atoms with Gasteiger partial charge in [0.2, 0.25) is 0 Å². The molecule has 9 nitrogen and oxygen atoms in total. The zero-order valence-electron chi connectivity index (χ0n) is 20.6. The van der Waals surface area contributed by atoms with Gasteiger partial charge in [0.15, 0.2) is 10.7 Å². The zero-order valence-corrected chi connectivity index (χ0v) is 21.4. The Morgan fingerprint density at radius 3 is 2.59 bits per heavy atom. The highest BCUT2D eigenvalue weighted by Gasteiger charge is 2.37. The number of nitrogens with zero attached hydrogens (tertiary/aromatic N) is 5. The minimum atomic E-state index is -0.247. The van der Waals surface area contributed by atoms with Gasteiger partial charge in [-0.15, -0.1) is 5.10 Å². The summed E-state index contributed by atoms with van der Waals surface area (Å²) < 4.78 is 5.82. The topological polar surface area (TPSA) is 100 Å². The van der Waals surface area contributed by atoms with E-state index in [0.717, 1.165) is 42.9 Å². The Hall–Kier alpha value is -3.53. The lowest BCUT2D eigenvalue weighted by molar-refractivity contribution is 0.0685. The maximum Gasteiger partial charge on any atom is 0.322 e. The molecule has 0 radical (unpaired) electrons. The molecule has 0 aliphatic carbocycles. The van der Waals surface area contributed by atoms with Gasteiger partial charge in [0.1, 0.15) is 0 Å². The molecule has 0 spiro atoms. The number of pyridine rings is 1. The fourth-order valence-electron chi connectivity index (χ4n) is 6.09. The number of carbonyl (C=O) groups is 2. The van der Waals surface area contributed by atoms with Crippen molar-refractivity contribution in [1.82, 2.24) is 24.0 Å². The van der Waals surface area contributed by atoms with Crippen LogP contribution in [0.1, 0.15) is 46.9 Å². The quantitative estimate of drug-likeness (QED) is 0.570. The lowest BCUT2D eigenvalue weighted by atomic mass is 9.83. The third-order valence-corrected chi connectivity index (χ3v) is 8.59. The second-order valence-electron chi connectivity index (χ2n) is 10.4. The van der Waals surface area contributed by atoms with Gasteiger partial charge >= 0.3 is 6.03 Å². The number of carbonyl (C=O) groups excluding carboxylic acids is 2. The lowest BCUT2D eigenvalue weighted by Gasteiger charge is -2.42. The molecule has 3 aromatic rings. The van der Waals surface area contributed by atoms with Crippen LogP contribution in [0.25, 0.3) is 0 Å². The van der Waals surface area contributed by atoms with E-state index in [-0.39, 0.29) is 35.0 Å². The molecular weight excluding hydrogens is 488 g/mol. The maximum atomic E-state index is 13.3. The van der Waals surface area contributed by atoms with Crippen LogP contribution in [0.5, 0.6) is 0 Å². The number of fused-ring (bicyclic) bond motifs is 4. The van der Waals surface area contributed by atoms with E-state index in [4.69, 9.17) is 0 Å². The summed E-state index contributed by atoms with van der Waals surface area (Å²) in [4.78, 5) is 42.4. The highest BCUT2D eigenvalue weighted by atomic mass is 32.1. The minimum Gasteiger partial charge on any atom is -0.337 e. The van der Waals surface area contributed by atoms with Crippen molar-refractivity contribution in [3.63, 3.8) is 0 Å².